The number of ether oxygens (including phenoxy) is 1. The van der Waals surface area contributed by atoms with E-state index < -0.39 is 23.0 Å². The molecule has 1 fully saturated rings. The maximum atomic E-state index is 13.0. The minimum absolute atomic E-state index is 0.0563. The minimum Gasteiger partial charge on any atom is -0.459 e. The summed E-state index contributed by atoms with van der Waals surface area (Å²) in [5, 5.41) is 16.2. The molecule has 2 N–H and O–H groups in total. The summed E-state index contributed by atoms with van der Waals surface area (Å²) in [5.41, 5.74) is 1.27. The SMILES string of the molecule is CC1=C(C(=O)O[C@@H]2CC[C@H](C)[C@H](C)C2)[C@@H](c2ccc([N+](=O)[O-])cc2)NC(=O)N1. The third-order valence-corrected chi connectivity index (χ3v) is 5.75. The molecule has 2 amide bonds. The van der Waals surface area contributed by atoms with Crippen LogP contribution in [0.2, 0.25) is 0 Å². The number of hydrogen-bond acceptors (Lipinski definition) is 5. The van der Waals surface area contributed by atoms with Crippen molar-refractivity contribution in [2.75, 3.05) is 0 Å². The summed E-state index contributed by atoms with van der Waals surface area (Å²) in [4.78, 5) is 35.3. The highest BCUT2D eigenvalue weighted by molar-refractivity contribution is 5.95. The van der Waals surface area contributed by atoms with Crippen LogP contribution in [0, 0.1) is 22.0 Å². The van der Waals surface area contributed by atoms with E-state index in [1.807, 2.05) is 0 Å². The van der Waals surface area contributed by atoms with Gasteiger partial charge < -0.3 is 15.4 Å². The van der Waals surface area contributed by atoms with Gasteiger partial charge >= 0.3 is 12.0 Å². The standard InChI is InChI=1S/C20H25N3O5/c1-11-4-9-16(10-12(11)2)28-19(24)17-13(3)21-20(25)22-18(17)14-5-7-15(8-6-14)23(26)27/h5-8,11-12,16,18H,4,9-10H2,1-3H3,(H2,21,22,25)/t11-,12+,16+,18+/m0/s1. The van der Waals surface area contributed by atoms with Gasteiger partial charge in [0, 0.05) is 17.8 Å². The quantitative estimate of drug-likeness (QED) is 0.466. The molecule has 1 aromatic rings. The van der Waals surface area contributed by atoms with Gasteiger partial charge in [0.2, 0.25) is 0 Å². The summed E-state index contributed by atoms with van der Waals surface area (Å²) in [6, 6.07) is 4.64. The molecule has 0 radical (unpaired) electrons. The number of allylic oxidation sites excluding steroid dienone is 1. The van der Waals surface area contributed by atoms with Crippen LogP contribution in [0.25, 0.3) is 0 Å². The van der Waals surface area contributed by atoms with E-state index >= 15 is 0 Å². The number of carbonyl (C=O) groups excluding carboxylic acids is 2. The van der Waals surface area contributed by atoms with Crippen molar-refractivity contribution < 1.29 is 19.2 Å². The average Bonchev–Trinajstić information content (AvgIpc) is 2.64. The van der Waals surface area contributed by atoms with E-state index in [1.54, 1.807) is 19.1 Å². The van der Waals surface area contributed by atoms with E-state index in [2.05, 4.69) is 24.5 Å². The lowest BCUT2D eigenvalue weighted by Gasteiger charge is -2.33. The number of nitro benzene ring substituents is 1. The van der Waals surface area contributed by atoms with Crippen LogP contribution in [0.4, 0.5) is 10.5 Å². The number of nitrogens with zero attached hydrogens (tertiary/aromatic N) is 1. The smallest absolute Gasteiger partial charge is 0.338 e. The molecule has 1 saturated carbocycles. The third kappa shape index (κ3) is 4.16. The molecule has 8 nitrogen and oxygen atoms in total. The third-order valence-electron chi connectivity index (χ3n) is 5.75. The van der Waals surface area contributed by atoms with Crippen LogP contribution in [0.5, 0.6) is 0 Å². The van der Waals surface area contributed by atoms with E-state index in [9.17, 15) is 19.7 Å². The molecule has 1 aromatic carbocycles. The van der Waals surface area contributed by atoms with Crippen molar-refractivity contribution in [2.24, 2.45) is 11.8 Å². The normalized spacial score (nSPS) is 27.6. The largest absolute Gasteiger partial charge is 0.459 e. The van der Waals surface area contributed by atoms with Crippen molar-refractivity contribution in [1.82, 2.24) is 10.6 Å². The number of rotatable bonds is 4. The zero-order chi connectivity index (χ0) is 20.4. The number of amides is 2. The van der Waals surface area contributed by atoms with Crippen LogP contribution in [0.3, 0.4) is 0 Å². The highest BCUT2D eigenvalue weighted by Crippen LogP contribution is 2.33. The van der Waals surface area contributed by atoms with Crippen molar-refractivity contribution in [2.45, 2.75) is 52.2 Å². The number of non-ortho nitro benzene ring substituents is 1. The predicted molar refractivity (Wildman–Crippen MR) is 102 cm³/mol. The van der Waals surface area contributed by atoms with E-state index in [-0.39, 0.29) is 11.8 Å². The monoisotopic (exact) mass is 387 g/mol. The van der Waals surface area contributed by atoms with Gasteiger partial charge in [0.25, 0.3) is 5.69 Å². The van der Waals surface area contributed by atoms with Gasteiger partial charge in [-0.2, -0.15) is 0 Å². The van der Waals surface area contributed by atoms with Gasteiger partial charge in [-0.3, -0.25) is 10.1 Å². The van der Waals surface area contributed by atoms with Gasteiger partial charge in [-0.25, -0.2) is 9.59 Å². The second kappa shape index (κ2) is 8.00. The molecule has 0 saturated heterocycles. The summed E-state index contributed by atoms with van der Waals surface area (Å²) >= 11 is 0. The Balaban J connectivity index is 1.83. The first-order valence-corrected chi connectivity index (χ1v) is 9.50. The molecule has 1 aliphatic heterocycles. The first kappa shape index (κ1) is 19.9. The van der Waals surface area contributed by atoms with Crippen molar-refractivity contribution in [3.63, 3.8) is 0 Å². The number of carbonyl (C=O) groups is 2. The number of nitrogens with one attached hydrogen (secondary N) is 2. The van der Waals surface area contributed by atoms with Gasteiger partial charge in [0.05, 0.1) is 16.5 Å². The topological polar surface area (TPSA) is 111 Å². The second-order valence-electron chi connectivity index (χ2n) is 7.71. The maximum Gasteiger partial charge on any atom is 0.338 e. The maximum absolute atomic E-state index is 13.0. The van der Waals surface area contributed by atoms with Gasteiger partial charge in [-0.1, -0.05) is 13.8 Å². The summed E-state index contributed by atoms with van der Waals surface area (Å²) in [5.74, 6) is 0.621. The van der Waals surface area contributed by atoms with Crippen molar-refractivity contribution in [1.29, 1.82) is 0 Å². The van der Waals surface area contributed by atoms with E-state index in [4.69, 9.17) is 4.74 Å². The predicted octanol–water partition coefficient (Wildman–Crippen LogP) is 3.59. The molecular weight excluding hydrogens is 362 g/mol. The molecule has 1 aliphatic carbocycles. The summed E-state index contributed by atoms with van der Waals surface area (Å²) in [7, 11) is 0. The van der Waals surface area contributed by atoms with Crippen LogP contribution >= 0.6 is 0 Å². The Morgan fingerprint density at radius 2 is 1.86 bits per heavy atom. The van der Waals surface area contributed by atoms with Crippen molar-refractivity contribution in [3.05, 3.63) is 51.2 Å². The number of nitro groups is 1. The Morgan fingerprint density at radius 3 is 2.46 bits per heavy atom. The van der Waals surface area contributed by atoms with Gasteiger partial charge in [0.1, 0.15) is 6.10 Å². The fourth-order valence-electron chi connectivity index (χ4n) is 3.82. The molecule has 28 heavy (non-hydrogen) atoms. The Hall–Kier alpha value is -2.90. The number of hydrogen-bond donors (Lipinski definition) is 2. The molecule has 0 aromatic heterocycles. The molecule has 0 bridgehead atoms. The van der Waals surface area contributed by atoms with E-state index in [0.717, 1.165) is 19.3 Å². The minimum atomic E-state index is -0.720. The molecule has 2 aliphatic rings. The zero-order valence-electron chi connectivity index (χ0n) is 16.2. The number of urea groups is 1. The Kier molecular flexibility index (Phi) is 5.67. The number of esters is 1. The molecule has 3 rings (SSSR count). The van der Waals surface area contributed by atoms with Crippen LogP contribution in [-0.2, 0) is 9.53 Å². The molecule has 1 heterocycles. The molecule has 8 heteroatoms. The van der Waals surface area contributed by atoms with Crippen molar-refractivity contribution in [3.8, 4) is 0 Å². The van der Waals surface area contributed by atoms with Crippen molar-refractivity contribution >= 4 is 17.7 Å². The molecule has 0 spiro atoms. The molecule has 150 valence electrons. The molecule has 4 atom stereocenters. The molecular formula is C20H25N3O5. The van der Waals surface area contributed by atoms with Gasteiger partial charge in [-0.15, -0.1) is 0 Å². The fourth-order valence-corrected chi connectivity index (χ4v) is 3.82. The average molecular weight is 387 g/mol. The Morgan fingerprint density at radius 1 is 1.18 bits per heavy atom. The van der Waals surface area contributed by atoms with Gasteiger partial charge in [-0.05, 0) is 55.7 Å². The summed E-state index contributed by atoms with van der Waals surface area (Å²) in [6.07, 6.45) is 2.51. The van der Waals surface area contributed by atoms with Gasteiger partial charge in [0.15, 0.2) is 0 Å². The first-order chi connectivity index (χ1) is 13.3. The highest BCUT2D eigenvalue weighted by Gasteiger charge is 2.35. The van der Waals surface area contributed by atoms with E-state index in [0.29, 0.717) is 28.7 Å². The lowest BCUT2D eigenvalue weighted by atomic mass is 9.80. The second-order valence-corrected chi connectivity index (χ2v) is 7.71. The lowest BCUT2D eigenvalue weighted by molar-refractivity contribution is -0.384. The van der Waals surface area contributed by atoms with E-state index in [1.165, 1.54) is 12.1 Å². The van der Waals surface area contributed by atoms with Crippen LogP contribution in [0.15, 0.2) is 35.5 Å². The Bertz CT molecular complexity index is 818. The van der Waals surface area contributed by atoms with Crippen LogP contribution in [-0.4, -0.2) is 23.0 Å². The summed E-state index contributed by atoms with van der Waals surface area (Å²) < 4.78 is 5.77. The Labute approximate surface area is 163 Å². The lowest BCUT2D eigenvalue weighted by Crippen LogP contribution is -2.45. The number of benzene rings is 1. The van der Waals surface area contributed by atoms with Crippen LogP contribution in [0.1, 0.15) is 51.6 Å². The zero-order valence-corrected chi connectivity index (χ0v) is 16.2. The molecule has 0 unspecified atom stereocenters. The van der Waals surface area contributed by atoms with Crippen LogP contribution < -0.4 is 10.6 Å². The highest BCUT2D eigenvalue weighted by atomic mass is 16.6. The summed E-state index contributed by atoms with van der Waals surface area (Å²) in [6.45, 7) is 6.02. The first-order valence-electron chi connectivity index (χ1n) is 9.50. The fraction of sp³-hybridized carbons (Fsp3) is 0.500.